The first-order valence-corrected chi connectivity index (χ1v) is 31.1. The lowest BCUT2D eigenvalue weighted by Crippen LogP contribution is -2.71. The summed E-state index contributed by atoms with van der Waals surface area (Å²) in [6.07, 6.45) is -18.8. The number of hydrogen-bond donors (Lipinski definition) is 18. The van der Waals surface area contributed by atoms with Crippen molar-refractivity contribution in [1.29, 1.82) is 0 Å². The second kappa shape index (κ2) is 40.8. The smallest absolute Gasteiger partial charge is 0.326 e. The second-order valence-electron chi connectivity index (χ2n) is 23.1. The summed E-state index contributed by atoms with van der Waals surface area (Å²) in [5.74, 6) is -9.63. The third-order valence-corrected chi connectivity index (χ3v) is 15.5. The average Bonchev–Trinajstić information content (AvgIpc) is 0.776. The molecule has 0 saturated carbocycles. The Labute approximate surface area is 538 Å². The number of nitrogens with one attached hydrogen (secondary N) is 9. The fraction of sp³-hybridized carbons (Fsp3) is 0.807. The molecule has 3 rings (SSSR count). The van der Waals surface area contributed by atoms with Gasteiger partial charge in [0.1, 0.15) is 91.1 Å². The molecule has 36 nitrogen and oxygen atoms in total. The summed E-state index contributed by atoms with van der Waals surface area (Å²) in [6, 6.07) is -9.29. The molecule has 9 amide bonds. The quantitative estimate of drug-likeness (QED) is 0.0254. The minimum atomic E-state index is -1.98. The van der Waals surface area contributed by atoms with Crippen LogP contribution in [0.4, 0.5) is 0 Å². The van der Waals surface area contributed by atoms with Gasteiger partial charge in [0.15, 0.2) is 18.9 Å². The number of carbonyl (C=O) groups excluding carboxylic acids is 9. The van der Waals surface area contributed by atoms with E-state index in [-0.39, 0.29) is 51.6 Å². The average molecular weight is 1340 g/mol. The molecule has 3 fully saturated rings. The largest absolute Gasteiger partial charge is 0.480 e. The van der Waals surface area contributed by atoms with Crippen LogP contribution >= 0.6 is 0 Å². The van der Waals surface area contributed by atoms with Gasteiger partial charge in [0.25, 0.3) is 0 Å². The molecule has 0 radical (unpaired) electrons. The van der Waals surface area contributed by atoms with Crippen molar-refractivity contribution in [3.05, 3.63) is 0 Å². The lowest BCUT2D eigenvalue weighted by molar-refractivity contribution is -0.353. The van der Waals surface area contributed by atoms with Gasteiger partial charge in [-0.15, -0.1) is 0 Å². The summed E-state index contributed by atoms with van der Waals surface area (Å²) in [6.45, 7) is 8.21. The van der Waals surface area contributed by atoms with Crippen LogP contribution in [0.2, 0.25) is 0 Å². The minimum Gasteiger partial charge on any atom is -0.480 e. The molecule has 20 N–H and O–H groups in total. The minimum absolute atomic E-state index is 0.0104. The molecule has 3 saturated heterocycles. The van der Waals surface area contributed by atoms with Crippen LogP contribution in [0.25, 0.3) is 0 Å². The highest BCUT2D eigenvalue weighted by Crippen LogP contribution is 2.36. The number of aliphatic hydroxyl groups excluding tert-OH is 5. The normalized spacial score (nSPS) is 28.1. The van der Waals surface area contributed by atoms with Crippen molar-refractivity contribution in [1.82, 2.24) is 47.9 Å². The Kier molecular flexibility index (Phi) is 35.4. The van der Waals surface area contributed by atoms with Crippen LogP contribution < -0.4 is 59.3 Å². The van der Waals surface area contributed by atoms with Crippen LogP contribution in [0.5, 0.6) is 0 Å². The van der Waals surface area contributed by atoms with E-state index >= 15 is 0 Å². The van der Waals surface area contributed by atoms with E-state index in [9.17, 15) is 88.5 Å². The lowest BCUT2D eigenvalue weighted by Gasteiger charge is -2.51. The number of aliphatic carboxylic acids is 2. The van der Waals surface area contributed by atoms with Gasteiger partial charge < -0.3 is 128 Å². The monoisotopic (exact) mass is 1340 g/mol. The van der Waals surface area contributed by atoms with Crippen molar-refractivity contribution >= 4 is 65.1 Å². The SMILES string of the molecule is CC(=O)N[C@H]1[C@H](OC2[C@@H](CO)O[C@H](O)[C@H](NC(C)=O)[C@H]2O[C@H](C)C(=O)N[C@@H](C)C(=O)NCCCC(=O)N[C@@H](CCCCN)C(=O)O)O[C@H](CO)[C@@H](O[C@@H]2O[C@H](CO)[C@@H](C)[C@H](O[C@H](C)C(=O)N[C@@H](C)C(=O)NCCCC(=O)N[C@@H](CCCCN)C(=O)O)[C@H]2NC(C)=O)[C@@H]1O. The van der Waals surface area contributed by atoms with Crippen LogP contribution in [-0.2, 0) is 85.9 Å². The molecule has 0 aromatic rings. The standard InChI is InChI=1S/C57H99N11O25/c1-26-36(23-69)90-57(43(66-33(8)74)45(26)87-29(4)51(80)62-27(2)49(78)60-21-13-17-39(75)67-34(53(82)83)15-9-11-19-58)92-46-37(24-70)91-56(41(44(46)77)64-31(6)72)93-47-38(25-71)89-55(86)42(65-32(7)73)48(47)88-30(5)52(81)63-28(3)50(79)61-22-14-18-40(76)68-35(54(84)85)16-10-12-20-59/h26-30,34-38,41-48,55-57,69-71,77,86H,9-25,58-59H2,1-8H3,(H,60,78)(H,61,79)(H,62,80)(H,63,81)(H,64,72)(H,65,73)(H,66,74)(H,67,75)(H,68,76)(H,82,83)(H,84,85)/t26-,27+,28+,29-,30-,34+,35+,36-,37-,38-,41-,42-,43-,44-,45+,46-,47?,48-,55+,56+,57+/m1/s1. The number of unbranched alkanes of at least 4 members (excludes halogenated alkanes) is 2. The first-order chi connectivity index (χ1) is 43.9. The molecule has 3 aliphatic rings. The number of carboxylic acids is 2. The third kappa shape index (κ3) is 26.0. The summed E-state index contributed by atoms with van der Waals surface area (Å²) >= 11 is 0. The Bertz CT molecular complexity index is 2460. The van der Waals surface area contributed by atoms with E-state index in [4.69, 9.17) is 44.6 Å². The first kappa shape index (κ1) is 80.8. The van der Waals surface area contributed by atoms with Crippen molar-refractivity contribution in [3.63, 3.8) is 0 Å². The fourth-order valence-electron chi connectivity index (χ4n) is 10.5. The molecular weight excluding hydrogens is 1240 g/mol. The summed E-state index contributed by atoms with van der Waals surface area (Å²) in [4.78, 5) is 140. The van der Waals surface area contributed by atoms with Gasteiger partial charge in [-0.25, -0.2) is 9.59 Å². The Hall–Kier alpha value is -6.39. The molecule has 1 unspecified atom stereocenters. The third-order valence-electron chi connectivity index (χ3n) is 15.5. The zero-order valence-electron chi connectivity index (χ0n) is 53.8. The van der Waals surface area contributed by atoms with Gasteiger partial charge in [-0.2, -0.15) is 0 Å². The van der Waals surface area contributed by atoms with E-state index in [1.54, 1.807) is 6.92 Å². The first-order valence-electron chi connectivity index (χ1n) is 31.1. The molecule has 93 heavy (non-hydrogen) atoms. The number of hydrogen-bond acceptors (Lipinski definition) is 25. The fourth-order valence-corrected chi connectivity index (χ4v) is 10.5. The van der Waals surface area contributed by atoms with Crippen molar-refractivity contribution in [2.75, 3.05) is 46.0 Å². The highest BCUT2D eigenvalue weighted by Gasteiger charge is 2.56. The van der Waals surface area contributed by atoms with Crippen LogP contribution in [0.3, 0.4) is 0 Å². The lowest BCUT2D eigenvalue weighted by atomic mass is 9.88. The number of carbonyl (C=O) groups is 11. The number of rotatable bonds is 40. The Morgan fingerprint density at radius 1 is 0.484 bits per heavy atom. The van der Waals surface area contributed by atoms with Gasteiger partial charge in [0.05, 0.1) is 32.0 Å². The molecule has 0 bridgehead atoms. The van der Waals surface area contributed by atoms with Crippen LogP contribution in [-0.4, -0.2) is 269 Å². The summed E-state index contributed by atoms with van der Waals surface area (Å²) in [5, 5.41) is 97.2. The highest BCUT2D eigenvalue weighted by molar-refractivity contribution is 5.90. The van der Waals surface area contributed by atoms with Crippen LogP contribution in [0, 0.1) is 5.92 Å². The van der Waals surface area contributed by atoms with Gasteiger partial charge in [-0.1, -0.05) is 6.92 Å². The van der Waals surface area contributed by atoms with Gasteiger partial charge in [-0.3, -0.25) is 43.2 Å². The molecule has 3 aliphatic heterocycles. The summed E-state index contributed by atoms with van der Waals surface area (Å²) < 4.78 is 43.1. The van der Waals surface area contributed by atoms with E-state index in [0.717, 1.165) is 20.8 Å². The Morgan fingerprint density at radius 2 is 0.882 bits per heavy atom. The van der Waals surface area contributed by atoms with E-state index in [1.807, 2.05) is 0 Å². The molecule has 0 aliphatic carbocycles. The maximum Gasteiger partial charge on any atom is 0.326 e. The predicted molar refractivity (Wildman–Crippen MR) is 321 cm³/mol. The van der Waals surface area contributed by atoms with Gasteiger partial charge in [0.2, 0.25) is 53.2 Å². The van der Waals surface area contributed by atoms with Gasteiger partial charge in [-0.05, 0) is 92.2 Å². The summed E-state index contributed by atoms with van der Waals surface area (Å²) in [5.41, 5.74) is 11.0. The topological polar surface area (TPSA) is 554 Å². The van der Waals surface area contributed by atoms with E-state index in [1.165, 1.54) is 27.7 Å². The number of aliphatic hydroxyl groups is 5. The molecule has 0 aromatic heterocycles. The number of carboxylic acid groups (broad SMARTS) is 2. The number of nitrogens with two attached hydrogens (primary N) is 2. The molecule has 532 valence electrons. The van der Waals surface area contributed by atoms with E-state index in [2.05, 4.69) is 47.9 Å². The molecular formula is C57H99N11O25. The Balaban J connectivity index is 1.81. The van der Waals surface area contributed by atoms with E-state index in [0.29, 0.717) is 38.8 Å². The zero-order chi connectivity index (χ0) is 69.8. The molecule has 0 aromatic carbocycles. The van der Waals surface area contributed by atoms with Gasteiger partial charge in [0, 0.05) is 52.6 Å². The molecule has 3 heterocycles. The molecule has 21 atom stereocenters. The predicted octanol–water partition coefficient (Wildman–Crippen LogP) is -6.84. The zero-order valence-corrected chi connectivity index (χ0v) is 53.8. The van der Waals surface area contributed by atoms with Crippen LogP contribution in [0.1, 0.15) is 120 Å². The molecule has 0 spiro atoms. The van der Waals surface area contributed by atoms with Crippen molar-refractivity contribution < 1.29 is 122 Å². The summed E-state index contributed by atoms with van der Waals surface area (Å²) in [7, 11) is 0. The van der Waals surface area contributed by atoms with Gasteiger partial charge >= 0.3 is 11.9 Å². The highest BCUT2D eigenvalue weighted by atomic mass is 16.7. The van der Waals surface area contributed by atoms with Crippen molar-refractivity contribution in [2.45, 2.75) is 242 Å². The maximum absolute atomic E-state index is 13.7. The maximum atomic E-state index is 13.7. The van der Waals surface area contributed by atoms with Crippen molar-refractivity contribution in [3.8, 4) is 0 Å². The second-order valence-corrected chi connectivity index (χ2v) is 23.1. The molecule has 36 heteroatoms. The Morgan fingerprint density at radius 3 is 1.31 bits per heavy atom. The van der Waals surface area contributed by atoms with E-state index < -0.39 is 213 Å². The van der Waals surface area contributed by atoms with Crippen LogP contribution in [0.15, 0.2) is 0 Å². The number of ether oxygens (including phenoxy) is 7. The number of amides is 9. The van der Waals surface area contributed by atoms with Crippen molar-refractivity contribution in [2.24, 2.45) is 17.4 Å².